The largest absolute Gasteiger partial charge is 0.395 e. The first-order valence-electron chi connectivity index (χ1n) is 5.64. The summed E-state index contributed by atoms with van der Waals surface area (Å²) in [7, 11) is 0. The Morgan fingerprint density at radius 3 is 3.07 bits per heavy atom. The van der Waals surface area contributed by atoms with Gasteiger partial charge >= 0.3 is 0 Å². The van der Waals surface area contributed by atoms with Crippen LogP contribution in [0.4, 0.5) is 0 Å². The van der Waals surface area contributed by atoms with E-state index in [1.54, 1.807) is 0 Å². The van der Waals surface area contributed by atoms with Crippen molar-refractivity contribution in [3.05, 3.63) is 18.2 Å². The molecule has 1 aromatic heterocycles. The first kappa shape index (κ1) is 10.6. The van der Waals surface area contributed by atoms with E-state index in [0.29, 0.717) is 12.6 Å². The predicted molar refractivity (Wildman–Crippen MR) is 58.6 cm³/mol. The molecule has 15 heavy (non-hydrogen) atoms. The van der Waals surface area contributed by atoms with E-state index in [2.05, 4.69) is 14.5 Å². The van der Waals surface area contributed by atoms with E-state index in [1.807, 2.05) is 19.3 Å². The summed E-state index contributed by atoms with van der Waals surface area (Å²) in [4.78, 5) is 6.57. The van der Waals surface area contributed by atoms with Gasteiger partial charge in [0.2, 0.25) is 0 Å². The van der Waals surface area contributed by atoms with E-state index in [0.717, 1.165) is 31.9 Å². The first-order valence-corrected chi connectivity index (χ1v) is 5.64. The summed E-state index contributed by atoms with van der Waals surface area (Å²) in [6.45, 7) is 5.43. The molecule has 1 N–H and O–H groups in total. The molecule has 1 fully saturated rings. The topological polar surface area (TPSA) is 41.3 Å². The molecule has 2 rings (SSSR count). The first-order chi connectivity index (χ1) is 7.31. The molecule has 2 heterocycles. The molecule has 0 aliphatic carbocycles. The zero-order chi connectivity index (χ0) is 10.7. The smallest absolute Gasteiger partial charge is 0.105 e. The van der Waals surface area contributed by atoms with E-state index in [1.165, 1.54) is 6.42 Å². The van der Waals surface area contributed by atoms with Crippen molar-refractivity contribution in [2.75, 3.05) is 19.7 Å². The third kappa shape index (κ3) is 2.38. The Morgan fingerprint density at radius 2 is 2.40 bits per heavy atom. The van der Waals surface area contributed by atoms with Crippen molar-refractivity contribution >= 4 is 0 Å². The molecule has 84 valence electrons. The van der Waals surface area contributed by atoms with Crippen molar-refractivity contribution in [1.82, 2.24) is 14.5 Å². The second kappa shape index (κ2) is 4.77. The molecule has 0 unspecified atom stereocenters. The standard InChI is InChI=1S/C11H19N3O/c1-10-12-4-6-13(10)7-8-14-5-2-3-11(14)9-15/h4,6,11,15H,2-3,5,7-9H2,1H3/t11-/m1/s1. The van der Waals surface area contributed by atoms with E-state index in [4.69, 9.17) is 0 Å². The van der Waals surface area contributed by atoms with Crippen molar-refractivity contribution < 1.29 is 5.11 Å². The van der Waals surface area contributed by atoms with Gasteiger partial charge in [-0.1, -0.05) is 0 Å². The number of rotatable bonds is 4. The van der Waals surface area contributed by atoms with Crippen LogP contribution in [0.3, 0.4) is 0 Å². The van der Waals surface area contributed by atoms with Crippen LogP contribution in [0, 0.1) is 6.92 Å². The van der Waals surface area contributed by atoms with Gasteiger partial charge in [0.15, 0.2) is 0 Å². The van der Waals surface area contributed by atoms with Gasteiger partial charge in [0.1, 0.15) is 5.82 Å². The number of likely N-dealkylation sites (tertiary alicyclic amines) is 1. The van der Waals surface area contributed by atoms with Gasteiger partial charge in [-0.25, -0.2) is 4.98 Å². The van der Waals surface area contributed by atoms with Gasteiger partial charge in [0.25, 0.3) is 0 Å². The van der Waals surface area contributed by atoms with E-state index in [-0.39, 0.29) is 0 Å². The molecule has 4 nitrogen and oxygen atoms in total. The zero-order valence-corrected chi connectivity index (χ0v) is 9.26. The Kier molecular flexibility index (Phi) is 3.38. The van der Waals surface area contributed by atoms with Crippen LogP contribution in [-0.2, 0) is 6.54 Å². The Bertz CT molecular complexity index is 311. The molecule has 1 aliphatic rings. The van der Waals surface area contributed by atoms with Gasteiger partial charge < -0.3 is 9.67 Å². The third-order valence-electron chi connectivity index (χ3n) is 3.26. The van der Waals surface area contributed by atoms with Crippen LogP contribution in [0.5, 0.6) is 0 Å². The molecular weight excluding hydrogens is 190 g/mol. The number of hydrogen-bond donors (Lipinski definition) is 1. The summed E-state index contributed by atoms with van der Waals surface area (Å²) in [6, 6.07) is 0.383. The summed E-state index contributed by atoms with van der Waals surface area (Å²) in [5.74, 6) is 1.06. The maximum atomic E-state index is 9.19. The molecule has 1 aliphatic heterocycles. The van der Waals surface area contributed by atoms with Gasteiger partial charge in [0.05, 0.1) is 6.61 Å². The monoisotopic (exact) mass is 209 g/mol. The maximum Gasteiger partial charge on any atom is 0.105 e. The fourth-order valence-corrected chi connectivity index (χ4v) is 2.27. The average Bonchev–Trinajstić information content (AvgIpc) is 2.83. The molecule has 1 saturated heterocycles. The highest BCUT2D eigenvalue weighted by Crippen LogP contribution is 2.16. The SMILES string of the molecule is Cc1nccn1CCN1CCC[C@@H]1CO. The molecule has 1 aromatic rings. The van der Waals surface area contributed by atoms with Gasteiger partial charge in [0, 0.05) is 31.5 Å². The molecule has 0 spiro atoms. The second-order valence-electron chi connectivity index (χ2n) is 4.18. The summed E-state index contributed by atoms with van der Waals surface area (Å²) in [5.41, 5.74) is 0. The highest BCUT2D eigenvalue weighted by atomic mass is 16.3. The van der Waals surface area contributed by atoms with E-state index >= 15 is 0 Å². The molecule has 0 amide bonds. The van der Waals surface area contributed by atoms with Crippen LogP contribution in [0.1, 0.15) is 18.7 Å². The van der Waals surface area contributed by atoms with Crippen molar-refractivity contribution in [2.45, 2.75) is 32.4 Å². The van der Waals surface area contributed by atoms with Crippen LogP contribution < -0.4 is 0 Å². The molecule has 0 aromatic carbocycles. The van der Waals surface area contributed by atoms with E-state index in [9.17, 15) is 5.11 Å². The normalized spacial score (nSPS) is 22.4. The minimum absolute atomic E-state index is 0.295. The van der Waals surface area contributed by atoms with Gasteiger partial charge in [-0.2, -0.15) is 0 Å². The van der Waals surface area contributed by atoms with Gasteiger partial charge in [-0.05, 0) is 26.3 Å². The highest BCUT2D eigenvalue weighted by Gasteiger charge is 2.22. The lowest BCUT2D eigenvalue weighted by Gasteiger charge is -2.22. The highest BCUT2D eigenvalue weighted by molar-refractivity contribution is 4.89. The van der Waals surface area contributed by atoms with Crippen LogP contribution in [-0.4, -0.2) is 45.3 Å². The van der Waals surface area contributed by atoms with Crippen molar-refractivity contribution in [3.8, 4) is 0 Å². The summed E-state index contributed by atoms with van der Waals surface area (Å²) >= 11 is 0. The van der Waals surface area contributed by atoms with E-state index < -0.39 is 0 Å². The minimum Gasteiger partial charge on any atom is -0.395 e. The Hall–Kier alpha value is -0.870. The number of aliphatic hydroxyl groups is 1. The maximum absolute atomic E-state index is 9.19. The number of aryl methyl sites for hydroxylation is 1. The predicted octanol–water partition coefficient (Wildman–Crippen LogP) is 0.648. The third-order valence-corrected chi connectivity index (χ3v) is 3.26. The van der Waals surface area contributed by atoms with Crippen molar-refractivity contribution in [2.24, 2.45) is 0 Å². The Labute approximate surface area is 90.5 Å². The number of hydrogen-bond acceptors (Lipinski definition) is 3. The summed E-state index contributed by atoms with van der Waals surface area (Å²) < 4.78 is 2.16. The molecule has 4 heteroatoms. The zero-order valence-electron chi connectivity index (χ0n) is 9.26. The number of imidazole rings is 1. The summed E-state index contributed by atoms with van der Waals surface area (Å²) in [6.07, 6.45) is 6.20. The van der Waals surface area contributed by atoms with Gasteiger partial charge in [-0.3, -0.25) is 4.90 Å². The van der Waals surface area contributed by atoms with Crippen molar-refractivity contribution in [1.29, 1.82) is 0 Å². The van der Waals surface area contributed by atoms with Gasteiger partial charge in [-0.15, -0.1) is 0 Å². The summed E-state index contributed by atoms with van der Waals surface area (Å²) in [5, 5.41) is 9.19. The minimum atomic E-state index is 0.295. The lowest BCUT2D eigenvalue weighted by Crippen LogP contribution is -2.34. The van der Waals surface area contributed by atoms with Crippen LogP contribution in [0.25, 0.3) is 0 Å². The molecular formula is C11H19N3O. The molecule has 0 bridgehead atoms. The lowest BCUT2D eigenvalue weighted by atomic mass is 10.2. The quantitative estimate of drug-likeness (QED) is 0.791. The molecule has 1 atom stereocenters. The number of nitrogens with zero attached hydrogens (tertiary/aromatic N) is 3. The number of aliphatic hydroxyl groups excluding tert-OH is 1. The fraction of sp³-hybridized carbons (Fsp3) is 0.727. The molecule has 0 saturated carbocycles. The number of aromatic nitrogens is 2. The Balaban J connectivity index is 1.85. The van der Waals surface area contributed by atoms with Crippen molar-refractivity contribution in [3.63, 3.8) is 0 Å². The second-order valence-corrected chi connectivity index (χ2v) is 4.18. The lowest BCUT2D eigenvalue weighted by molar-refractivity contribution is 0.155. The Morgan fingerprint density at radius 1 is 1.53 bits per heavy atom. The van der Waals surface area contributed by atoms with Crippen LogP contribution in [0.15, 0.2) is 12.4 Å². The van der Waals surface area contributed by atoms with Crippen LogP contribution >= 0.6 is 0 Å². The molecule has 0 radical (unpaired) electrons. The average molecular weight is 209 g/mol. The van der Waals surface area contributed by atoms with Crippen LogP contribution in [0.2, 0.25) is 0 Å². The fourth-order valence-electron chi connectivity index (χ4n) is 2.27.